The first-order chi connectivity index (χ1) is 11.8. The summed E-state index contributed by atoms with van der Waals surface area (Å²) in [6, 6.07) is 3.79. The topological polar surface area (TPSA) is 94.5 Å². The Kier molecular flexibility index (Phi) is 3.85. The number of nitrogens with zero attached hydrogens (tertiary/aromatic N) is 7. The molecule has 0 aromatic carbocycles. The summed E-state index contributed by atoms with van der Waals surface area (Å²) in [6.07, 6.45) is 3.41. The van der Waals surface area contributed by atoms with Gasteiger partial charge in [0.05, 0.1) is 13.2 Å². The number of aromatic nitrogens is 6. The van der Waals surface area contributed by atoms with Gasteiger partial charge in [-0.3, -0.25) is 4.90 Å². The van der Waals surface area contributed by atoms with Crippen LogP contribution in [0.3, 0.4) is 0 Å². The summed E-state index contributed by atoms with van der Waals surface area (Å²) in [7, 11) is 1.61. The third-order valence-corrected chi connectivity index (χ3v) is 4.65. The second-order valence-electron chi connectivity index (χ2n) is 5.97. The van der Waals surface area contributed by atoms with Crippen LogP contribution < -0.4 is 4.74 Å². The number of fused-ring (bicyclic) bond motifs is 1. The van der Waals surface area contributed by atoms with E-state index in [1.165, 1.54) is 6.33 Å². The van der Waals surface area contributed by atoms with Crippen LogP contribution in [0, 0.1) is 0 Å². The second kappa shape index (κ2) is 6.16. The first-order valence-corrected chi connectivity index (χ1v) is 8.03. The molecule has 4 rings (SSSR count). The van der Waals surface area contributed by atoms with Gasteiger partial charge in [0.1, 0.15) is 0 Å². The van der Waals surface area contributed by atoms with Crippen molar-refractivity contribution < 1.29 is 9.26 Å². The van der Waals surface area contributed by atoms with E-state index in [1.54, 1.807) is 17.7 Å². The van der Waals surface area contributed by atoms with Gasteiger partial charge in [0.15, 0.2) is 17.8 Å². The summed E-state index contributed by atoms with van der Waals surface area (Å²) in [5, 5.41) is 16.7. The van der Waals surface area contributed by atoms with E-state index in [0.717, 1.165) is 37.4 Å². The number of likely N-dealkylation sites (tertiary alicyclic amines) is 1. The van der Waals surface area contributed by atoms with Crippen LogP contribution in [-0.2, 0) is 0 Å². The number of methoxy groups -OCH3 is 1. The summed E-state index contributed by atoms with van der Waals surface area (Å²) in [6.45, 7) is 3.97. The summed E-state index contributed by atoms with van der Waals surface area (Å²) < 4.78 is 12.2. The van der Waals surface area contributed by atoms with Crippen molar-refractivity contribution in [2.75, 3.05) is 20.2 Å². The lowest BCUT2D eigenvalue weighted by atomic mass is 9.95. The molecule has 3 aromatic rings. The minimum absolute atomic E-state index is 0.127. The molecule has 0 radical (unpaired) electrons. The van der Waals surface area contributed by atoms with E-state index in [-0.39, 0.29) is 6.04 Å². The Labute approximate surface area is 138 Å². The maximum absolute atomic E-state index is 5.20. The van der Waals surface area contributed by atoms with Gasteiger partial charge in [-0.25, -0.2) is 0 Å². The maximum atomic E-state index is 5.20. The average Bonchev–Trinajstić information content (AvgIpc) is 3.30. The lowest BCUT2D eigenvalue weighted by Crippen LogP contribution is -2.35. The molecule has 1 atom stereocenters. The number of piperidine rings is 1. The van der Waals surface area contributed by atoms with Gasteiger partial charge in [0, 0.05) is 12.0 Å². The van der Waals surface area contributed by atoms with Crippen LogP contribution in [0.1, 0.15) is 43.4 Å². The maximum Gasteiger partial charge on any atom is 0.243 e. The monoisotopic (exact) mass is 329 g/mol. The first-order valence-electron chi connectivity index (χ1n) is 8.03. The SMILES string of the molecule is COc1ccc2nnc(C3CCN(C(C)c4ncno4)CC3)n2n1. The smallest absolute Gasteiger partial charge is 0.243 e. The normalized spacial score (nSPS) is 18.1. The minimum atomic E-state index is 0.127. The van der Waals surface area contributed by atoms with Gasteiger partial charge in [0.2, 0.25) is 11.8 Å². The molecule has 1 saturated heterocycles. The molecule has 1 aliphatic rings. The summed E-state index contributed by atoms with van der Waals surface area (Å²) in [5.41, 5.74) is 0.743. The highest BCUT2D eigenvalue weighted by molar-refractivity contribution is 5.38. The molecule has 3 aromatic heterocycles. The van der Waals surface area contributed by atoms with E-state index < -0.39 is 0 Å². The minimum Gasteiger partial charge on any atom is -0.480 e. The third kappa shape index (κ3) is 2.60. The van der Waals surface area contributed by atoms with Crippen molar-refractivity contribution in [3.8, 4) is 5.88 Å². The molecule has 0 saturated carbocycles. The predicted octanol–water partition coefficient (Wildman–Crippen LogP) is 1.46. The standard InChI is InChI=1S/C15H19N7O2/c1-10(15-16-9-17-24-15)21-7-5-11(6-8-21)14-19-18-12-3-4-13(23-2)20-22(12)14/h3-4,9-11H,5-8H2,1-2H3. The Morgan fingerprint density at radius 2 is 2.08 bits per heavy atom. The predicted molar refractivity (Wildman–Crippen MR) is 83.6 cm³/mol. The molecule has 4 heterocycles. The highest BCUT2D eigenvalue weighted by Crippen LogP contribution is 2.31. The van der Waals surface area contributed by atoms with E-state index in [0.29, 0.717) is 17.7 Å². The molecule has 9 nitrogen and oxygen atoms in total. The largest absolute Gasteiger partial charge is 0.480 e. The zero-order valence-corrected chi connectivity index (χ0v) is 13.7. The van der Waals surface area contributed by atoms with Crippen LogP contribution in [0.25, 0.3) is 5.65 Å². The second-order valence-corrected chi connectivity index (χ2v) is 5.97. The van der Waals surface area contributed by atoms with E-state index >= 15 is 0 Å². The van der Waals surface area contributed by atoms with Crippen molar-refractivity contribution in [2.45, 2.75) is 31.7 Å². The van der Waals surface area contributed by atoms with Gasteiger partial charge in [-0.1, -0.05) is 5.16 Å². The van der Waals surface area contributed by atoms with Crippen molar-refractivity contribution in [2.24, 2.45) is 0 Å². The Bertz CT molecular complexity index is 808. The zero-order valence-electron chi connectivity index (χ0n) is 13.7. The van der Waals surface area contributed by atoms with Crippen molar-refractivity contribution in [3.05, 3.63) is 30.2 Å². The number of ether oxygens (including phenoxy) is 1. The highest BCUT2D eigenvalue weighted by atomic mass is 16.5. The fourth-order valence-electron chi connectivity index (χ4n) is 3.22. The molecular weight excluding hydrogens is 310 g/mol. The first kappa shape index (κ1) is 15.0. The Morgan fingerprint density at radius 1 is 1.25 bits per heavy atom. The fraction of sp³-hybridized carbons (Fsp3) is 0.533. The highest BCUT2D eigenvalue weighted by Gasteiger charge is 2.29. The number of rotatable bonds is 4. The molecule has 1 unspecified atom stereocenters. The number of hydrogen-bond donors (Lipinski definition) is 0. The Balaban J connectivity index is 1.50. The molecule has 126 valence electrons. The van der Waals surface area contributed by atoms with Gasteiger partial charge in [-0.15, -0.1) is 15.3 Å². The average molecular weight is 329 g/mol. The molecule has 1 aliphatic heterocycles. The summed E-state index contributed by atoms with van der Waals surface area (Å²) in [4.78, 5) is 6.50. The quantitative estimate of drug-likeness (QED) is 0.710. The van der Waals surface area contributed by atoms with E-state index in [1.807, 2.05) is 6.07 Å². The van der Waals surface area contributed by atoms with Crippen LogP contribution >= 0.6 is 0 Å². The van der Waals surface area contributed by atoms with Gasteiger partial charge < -0.3 is 9.26 Å². The van der Waals surface area contributed by atoms with E-state index in [9.17, 15) is 0 Å². The van der Waals surface area contributed by atoms with Gasteiger partial charge >= 0.3 is 0 Å². The fourth-order valence-corrected chi connectivity index (χ4v) is 3.22. The van der Waals surface area contributed by atoms with E-state index in [4.69, 9.17) is 9.26 Å². The third-order valence-electron chi connectivity index (χ3n) is 4.65. The van der Waals surface area contributed by atoms with Gasteiger partial charge in [-0.05, 0) is 38.9 Å². The van der Waals surface area contributed by atoms with Crippen molar-refractivity contribution in [1.82, 2.24) is 34.9 Å². The Morgan fingerprint density at radius 3 is 2.79 bits per heavy atom. The van der Waals surface area contributed by atoms with Crippen LogP contribution in [0.15, 0.2) is 23.0 Å². The molecule has 9 heteroatoms. The van der Waals surface area contributed by atoms with E-state index in [2.05, 4.69) is 37.3 Å². The summed E-state index contributed by atoms with van der Waals surface area (Å²) >= 11 is 0. The molecule has 0 N–H and O–H groups in total. The molecule has 24 heavy (non-hydrogen) atoms. The van der Waals surface area contributed by atoms with Gasteiger partial charge in [0.25, 0.3) is 0 Å². The lowest BCUT2D eigenvalue weighted by Gasteiger charge is -2.33. The molecule has 0 aliphatic carbocycles. The molecule has 0 bridgehead atoms. The van der Waals surface area contributed by atoms with Crippen molar-refractivity contribution >= 4 is 5.65 Å². The molecular formula is C15H19N7O2. The molecule has 0 spiro atoms. The van der Waals surface area contributed by atoms with Crippen molar-refractivity contribution in [3.63, 3.8) is 0 Å². The number of hydrogen-bond acceptors (Lipinski definition) is 8. The van der Waals surface area contributed by atoms with Crippen LogP contribution in [0.2, 0.25) is 0 Å². The molecule has 0 amide bonds. The molecule has 1 fully saturated rings. The van der Waals surface area contributed by atoms with Gasteiger partial charge in [-0.2, -0.15) is 9.50 Å². The van der Waals surface area contributed by atoms with Crippen molar-refractivity contribution in [1.29, 1.82) is 0 Å². The zero-order chi connectivity index (χ0) is 16.5. The van der Waals surface area contributed by atoms with Crippen LogP contribution in [-0.4, -0.2) is 55.1 Å². The van der Waals surface area contributed by atoms with Crippen LogP contribution in [0.4, 0.5) is 0 Å². The Hall–Kier alpha value is -2.55. The summed E-state index contributed by atoms with van der Waals surface area (Å²) in [5.74, 6) is 2.44. The lowest BCUT2D eigenvalue weighted by molar-refractivity contribution is 0.134. The van der Waals surface area contributed by atoms with Crippen LogP contribution in [0.5, 0.6) is 5.88 Å².